The summed E-state index contributed by atoms with van der Waals surface area (Å²) < 4.78 is 10.4. The van der Waals surface area contributed by atoms with Crippen LogP contribution in [0.25, 0.3) is 0 Å². The van der Waals surface area contributed by atoms with Crippen molar-refractivity contribution in [3.05, 3.63) is 35.4 Å². The molecular weight excluding hydrogens is 486 g/mol. The average Bonchev–Trinajstić information content (AvgIpc) is 2.75. The molecule has 1 aromatic rings. The van der Waals surface area contributed by atoms with Gasteiger partial charge >= 0.3 is 12.1 Å². The van der Waals surface area contributed by atoms with Crippen molar-refractivity contribution < 1.29 is 28.7 Å². The Morgan fingerprint density at radius 3 is 2.03 bits per heavy atom. The van der Waals surface area contributed by atoms with Gasteiger partial charge in [0.1, 0.15) is 17.7 Å². The number of carbonyl (C=O) groups is 4. The second-order valence-electron chi connectivity index (χ2n) is 11.9. The number of hydrogen-bond donors (Lipinski definition) is 2. The molecule has 2 atom stereocenters. The summed E-state index contributed by atoms with van der Waals surface area (Å²) in [7, 11) is 0. The highest BCUT2D eigenvalue weighted by molar-refractivity contribution is 5.92. The van der Waals surface area contributed by atoms with Crippen LogP contribution in [0.15, 0.2) is 24.3 Å². The van der Waals surface area contributed by atoms with Gasteiger partial charge in [-0.1, -0.05) is 43.7 Å². The van der Waals surface area contributed by atoms with E-state index in [-0.39, 0.29) is 25.5 Å². The fourth-order valence-corrected chi connectivity index (χ4v) is 3.94. The van der Waals surface area contributed by atoms with Gasteiger partial charge in [0.25, 0.3) is 0 Å². The van der Waals surface area contributed by atoms with E-state index in [0.29, 0.717) is 12.0 Å². The molecule has 0 fully saturated rings. The van der Waals surface area contributed by atoms with E-state index < -0.39 is 47.1 Å². The van der Waals surface area contributed by atoms with E-state index in [1.54, 1.807) is 27.7 Å². The van der Waals surface area contributed by atoms with Crippen LogP contribution < -0.4 is 10.6 Å². The summed E-state index contributed by atoms with van der Waals surface area (Å²) >= 11 is 0. The molecule has 3 amide bonds. The van der Waals surface area contributed by atoms with Gasteiger partial charge in [-0.25, -0.2) is 4.79 Å². The number of hydrogen-bond acceptors (Lipinski definition) is 6. The second-order valence-corrected chi connectivity index (χ2v) is 11.9. The van der Waals surface area contributed by atoms with Crippen molar-refractivity contribution in [1.29, 1.82) is 0 Å². The van der Waals surface area contributed by atoms with Gasteiger partial charge in [-0.05, 0) is 73.3 Å². The molecule has 0 saturated heterocycles. The number of aryl methyl sites for hydroxylation is 1. The van der Waals surface area contributed by atoms with E-state index in [1.165, 1.54) is 4.90 Å². The average molecular weight is 534 g/mol. The molecule has 0 aliphatic carbocycles. The van der Waals surface area contributed by atoms with Gasteiger partial charge in [-0.3, -0.25) is 14.4 Å². The molecule has 9 heteroatoms. The number of amides is 3. The van der Waals surface area contributed by atoms with E-state index in [9.17, 15) is 19.2 Å². The first kappa shape index (κ1) is 32.9. The SMILES string of the molecule is CCOC(=O)CCNC(=O)C(c1ccc(C)cc1)N(C(=O)C(CC(C)C)NC(=O)OC(C)(C)C)C(C)(C)C. The fraction of sp³-hybridized carbons (Fsp3) is 0.655. The third-order valence-electron chi connectivity index (χ3n) is 5.49. The number of rotatable bonds is 11. The van der Waals surface area contributed by atoms with E-state index >= 15 is 0 Å². The molecule has 0 aliphatic rings. The molecular formula is C29H47N3O6. The first-order valence-corrected chi connectivity index (χ1v) is 13.3. The molecule has 0 radical (unpaired) electrons. The lowest BCUT2D eigenvalue weighted by Gasteiger charge is -2.43. The predicted octanol–water partition coefficient (Wildman–Crippen LogP) is 4.67. The normalized spacial score (nSPS) is 13.3. The van der Waals surface area contributed by atoms with Crippen molar-refractivity contribution in [2.24, 2.45) is 5.92 Å². The number of benzene rings is 1. The Bertz CT molecular complexity index is 945. The van der Waals surface area contributed by atoms with Gasteiger partial charge in [-0.15, -0.1) is 0 Å². The molecule has 0 heterocycles. The molecule has 0 bridgehead atoms. The zero-order chi connectivity index (χ0) is 29.3. The summed E-state index contributed by atoms with van der Waals surface area (Å²) in [5.74, 6) is -1.16. The largest absolute Gasteiger partial charge is 0.466 e. The molecule has 214 valence electrons. The van der Waals surface area contributed by atoms with Crippen LogP contribution in [0, 0.1) is 12.8 Å². The number of nitrogens with one attached hydrogen (secondary N) is 2. The van der Waals surface area contributed by atoms with Crippen LogP contribution in [0.5, 0.6) is 0 Å². The van der Waals surface area contributed by atoms with Crippen LogP contribution >= 0.6 is 0 Å². The molecule has 1 rings (SSSR count). The quantitative estimate of drug-likeness (QED) is 0.400. The number of carbonyl (C=O) groups excluding carboxylic acids is 4. The number of alkyl carbamates (subject to hydrolysis) is 1. The second kappa shape index (κ2) is 14.2. The maximum Gasteiger partial charge on any atom is 0.408 e. The summed E-state index contributed by atoms with van der Waals surface area (Å²) in [6.07, 6.45) is -0.327. The first-order valence-electron chi connectivity index (χ1n) is 13.3. The van der Waals surface area contributed by atoms with Crippen molar-refractivity contribution in [3.63, 3.8) is 0 Å². The monoisotopic (exact) mass is 533 g/mol. The molecule has 2 unspecified atom stereocenters. The Hall–Kier alpha value is -3.10. The van der Waals surface area contributed by atoms with E-state index in [1.807, 2.05) is 65.8 Å². The minimum atomic E-state index is -1.000. The summed E-state index contributed by atoms with van der Waals surface area (Å²) in [5, 5.41) is 5.54. The molecule has 0 aliphatic heterocycles. The van der Waals surface area contributed by atoms with Gasteiger partial charge in [0.15, 0.2) is 0 Å². The lowest BCUT2D eigenvalue weighted by molar-refractivity contribution is -0.149. The Balaban J connectivity index is 3.46. The van der Waals surface area contributed by atoms with Gasteiger partial charge < -0.3 is 25.0 Å². The maximum absolute atomic E-state index is 14.2. The summed E-state index contributed by atoms with van der Waals surface area (Å²) in [6.45, 7) is 18.7. The van der Waals surface area contributed by atoms with E-state index in [2.05, 4.69) is 10.6 Å². The summed E-state index contributed by atoms with van der Waals surface area (Å²) in [6, 6.07) is 5.48. The van der Waals surface area contributed by atoms with Crippen molar-refractivity contribution in [2.75, 3.05) is 13.2 Å². The van der Waals surface area contributed by atoms with Gasteiger partial charge in [0.05, 0.1) is 13.0 Å². The van der Waals surface area contributed by atoms with Crippen molar-refractivity contribution >= 4 is 23.9 Å². The minimum Gasteiger partial charge on any atom is -0.466 e. The molecule has 38 heavy (non-hydrogen) atoms. The smallest absolute Gasteiger partial charge is 0.408 e. The molecule has 2 N–H and O–H groups in total. The van der Waals surface area contributed by atoms with Crippen molar-refractivity contribution in [3.8, 4) is 0 Å². The number of nitrogens with zero attached hydrogens (tertiary/aromatic N) is 1. The topological polar surface area (TPSA) is 114 Å². The van der Waals surface area contributed by atoms with Gasteiger partial charge in [0, 0.05) is 12.1 Å². The highest BCUT2D eigenvalue weighted by atomic mass is 16.6. The van der Waals surface area contributed by atoms with Crippen LogP contribution in [-0.2, 0) is 23.9 Å². The van der Waals surface area contributed by atoms with Crippen LogP contribution in [0.4, 0.5) is 4.79 Å². The lowest BCUT2D eigenvalue weighted by atomic mass is 9.93. The van der Waals surface area contributed by atoms with Crippen LogP contribution in [0.3, 0.4) is 0 Å². The Kier molecular flexibility index (Phi) is 12.3. The number of ether oxygens (including phenoxy) is 2. The first-order chi connectivity index (χ1) is 17.5. The highest BCUT2D eigenvalue weighted by Crippen LogP contribution is 2.31. The van der Waals surface area contributed by atoms with Gasteiger partial charge in [-0.2, -0.15) is 0 Å². The highest BCUT2D eigenvalue weighted by Gasteiger charge is 2.42. The van der Waals surface area contributed by atoms with Crippen LogP contribution in [-0.4, -0.2) is 59.1 Å². The third kappa shape index (κ3) is 11.1. The molecule has 1 aromatic carbocycles. The molecule has 0 aromatic heterocycles. The van der Waals surface area contributed by atoms with Crippen LogP contribution in [0.1, 0.15) is 92.3 Å². The van der Waals surface area contributed by atoms with Crippen LogP contribution in [0.2, 0.25) is 0 Å². The Morgan fingerprint density at radius 1 is 0.974 bits per heavy atom. The molecule has 0 saturated carbocycles. The van der Waals surface area contributed by atoms with E-state index in [0.717, 1.165) is 5.56 Å². The Morgan fingerprint density at radius 2 is 1.55 bits per heavy atom. The minimum absolute atomic E-state index is 0.0137. The Labute approximate surface area is 228 Å². The van der Waals surface area contributed by atoms with Gasteiger partial charge in [0.2, 0.25) is 11.8 Å². The molecule has 9 nitrogen and oxygen atoms in total. The fourth-order valence-electron chi connectivity index (χ4n) is 3.94. The summed E-state index contributed by atoms with van der Waals surface area (Å²) in [4.78, 5) is 53.8. The van der Waals surface area contributed by atoms with Crippen molar-refractivity contribution in [2.45, 2.75) is 105 Å². The third-order valence-corrected chi connectivity index (χ3v) is 5.49. The zero-order valence-electron chi connectivity index (χ0n) is 24.8. The zero-order valence-corrected chi connectivity index (χ0v) is 24.8. The molecule has 0 spiro atoms. The predicted molar refractivity (Wildman–Crippen MR) is 147 cm³/mol. The van der Waals surface area contributed by atoms with Crippen molar-refractivity contribution in [1.82, 2.24) is 15.5 Å². The summed E-state index contributed by atoms with van der Waals surface area (Å²) in [5.41, 5.74) is 0.0968. The lowest BCUT2D eigenvalue weighted by Crippen LogP contribution is -2.59. The standard InChI is InChI=1S/C29H47N3O6/c1-11-37-23(33)16-17-30-25(34)24(21-14-12-20(4)13-15-21)32(28(5,6)7)26(35)22(18-19(2)3)31-27(36)38-29(8,9)10/h12-15,19,22,24H,11,16-18H2,1-10H3,(H,30,34)(H,31,36). The maximum atomic E-state index is 14.2. The van der Waals surface area contributed by atoms with E-state index in [4.69, 9.17) is 9.47 Å². The number of esters is 1.